The maximum atomic E-state index is 12.9. The van der Waals surface area contributed by atoms with Crippen LogP contribution in [-0.2, 0) is 64.5 Å². The first-order chi connectivity index (χ1) is 47.9. The summed E-state index contributed by atoms with van der Waals surface area (Å²) in [5.74, 6) is -3.54. The number of nitrogens with zero attached hydrogens (tertiary/aromatic N) is 10. The van der Waals surface area contributed by atoms with Crippen molar-refractivity contribution in [3.8, 4) is 0 Å². The van der Waals surface area contributed by atoms with Crippen molar-refractivity contribution in [1.29, 1.82) is 0 Å². The average Bonchev–Trinajstić information content (AvgIpc) is 1.56. The fourth-order valence-electron chi connectivity index (χ4n) is 12.0. The number of carboxylic acids is 4. The fraction of sp³-hybridized carbons (Fsp3) is 0.543. The number of nitrogen functional groups attached to an aromatic ring is 2. The Morgan fingerprint density at radius 2 is 0.940 bits per heavy atom. The number of amides is 2. The van der Waals surface area contributed by atoms with Gasteiger partial charge in [-0.2, -0.15) is 9.97 Å². The number of nitrogens with two attached hydrogens (primary N) is 4. The van der Waals surface area contributed by atoms with Crippen molar-refractivity contribution in [2.24, 2.45) is 11.5 Å². The number of hydrogen-bond acceptors (Lipinski definition) is 22. The van der Waals surface area contributed by atoms with Gasteiger partial charge in [0.1, 0.15) is 39.9 Å². The molecule has 4 aromatic heterocycles. The van der Waals surface area contributed by atoms with Gasteiger partial charge < -0.3 is 72.9 Å². The van der Waals surface area contributed by atoms with E-state index in [0.29, 0.717) is 52.1 Å². The summed E-state index contributed by atoms with van der Waals surface area (Å²) >= 11 is 1.79. The zero-order valence-electron chi connectivity index (χ0n) is 57.9. The Morgan fingerprint density at radius 1 is 0.510 bits per heavy atom. The molecular weight excluding hydrogens is 1320 g/mol. The minimum atomic E-state index is -1.22. The van der Waals surface area contributed by atoms with E-state index in [1.165, 1.54) is 33.4 Å². The van der Waals surface area contributed by atoms with Gasteiger partial charge in [0.25, 0.3) is 0 Å². The summed E-state index contributed by atoms with van der Waals surface area (Å²) in [6, 6.07) is 14.7. The summed E-state index contributed by atoms with van der Waals surface area (Å²) in [5, 5.41) is 41.4. The van der Waals surface area contributed by atoms with Crippen LogP contribution in [0, 0.1) is 13.8 Å². The van der Waals surface area contributed by atoms with E-state index in [4.69, 9.17) is 33.1 Å². The summed E-state index contributed by atoms with van der Waals surface area (Å²) < 4.78 is 4.33. The van der Waals surface area contributed by atoms with E-state index in [9.17, 15) is 48.6 Å². The monoisotopic (exact) mass is 1420 g/mol. The molecule has 2 aromatic carbocycles. The molecule has 6 aromatic rings. The summed E-state index contributed by atoms with van der Waals surface area (Å²) in [5.41, 5.74) is 33.6. The Kier molecular flexibility index (Phi) is 31.2. The molecule has 4 atom stereocenters. The molecule has 28 nitrogen and oxygen atoms in total. The highest BCUT2D eigenvalue weighted by Gasteiger charge is 2.29. The molecule has 2 aliphatic heterocycles. The quantitative estimate of drug-likeness (QED) is 0.0179. The summed E-state index contributed by atoms with van der Waals surface area (Å²) in [4.78, 5) is 122. The Morgan fingerprint density at radius 3 is 1.34 bits per heavy atom. The van der Waals surface area contributed by atoms with Gasteiger partial charge in [0, 0.05) is 148 Å². The summed E-state index contributed by atoms with van der Waals surface area (Å²) in [6.07, 6.45) is 11.3. The molecule has 2 amide bonds. The number of aromatic nitrogens is 6. The number of carbonyl (C=O) groups is 8. The number of thioether (sulfide) groups is 2. The van der Waals surface area contributed by atoms with Crippen molar-refractivity contribution >= 4 is 116 Å². The van der Waals surface area contributed by atoms with Crippen molar-refractivity contribution in [3.63, 3.8) is 0 Å². The number of hydrogen-bond donors (Lipinski definition) is 10. The molecule has 0 saturated carbocycles. The largest absolute Gasteiger partial charge is 0.481 e. The van der Waals surface area contributed by atoms with Crippen LogP contribution in [0.4, 0.5) is 23.5 Å². The van der Waals surface area contributed by atoms with Gasteiger partial charge in [0.15, 0.2) is 11.6 Å². The zero-order valence-corrected chi connectivity index (χ0v) is 59.6. The molecule has 0 bridgehead atoms. The van der Waals surface area contributed by atoms with Crippen LogP contribution in [0.3, 0.4) is 0 Å². The number of unbranched alkanes of at least 4 members (excludes halogenated alkanes) is 4. The molecule has 2 aliphatic rings. The number of aryl methyl sites for hydroxylation is 2. The van der Waals surface area contributed by atoms with Gasteiger partial charge in [0.2, 0.25) is 23.7 Å². The van der Waals surface area contributed by atoms with Gasteiger partial charge in [-0.15, -0.1) is 23.5 Å². The molecule has 0 radical (unpaired) electrons. The molecule has 30 heteroatoms. The van der Waals surface area contributed by atoms with Gasteiger partial charge in [-0.1, -0.05) is 75.9 Å². The Balaban J connectivity index is 0.000000281. The van der Waals surface area contributed by atoms with E-state index in [1.54, 1.807) is 0 Å². The molecule has 2 saturated heterocycles. The first kappa shape index (κ1) is 78.9. The van der Waals surface area contributed by atoms with Crippen molar-refractivity contribution in [2.75, 3.05) is 99.1 Å². The first-order valence-electron chi connectivity index (χ1n) is 34.5. The van der Waals surface area contributed by atoms with Gasteiger partial charge in [-0.05, 0) is 85.0 Å². The van der Waals surface area contributed by atoms with Gasteiger partial charge in [0.05, 0.1) is 22.7 Å². The third kappa shape index (κ3) is 24.4. The maximum Gasteiger partial charge on any atom is 0.321 e. The van der Waals surface area contributed by atoms with Crippen LogP contribution in [0.25, 0.3) is 22.1 Å². The SMILES string of the molecule is CCCCCNc1nc(N)nc2ccn(Cc3ccc(CN4CCN(C(=O)CCCC(=O)C(CC(=O)O)SC[C@H](N)C(=O)O)CC4)cc3C)c12.CCCCCNc1nc(N)nc2ccn(Cc3ccc(CN4CCN(C(=O)CCCC(=O)CC(SC[C@H](N)C(=O)O)C(=O)O)CC4)cc3C)c12. The third-order valence-corrected chi connectivity index (χ3v) is 20.5. The second kappa shape index (κ2) is 39.5. The number of ketones is 2. The predicted molar refractivity (Wildman–Crippen MR) is 390 cm³/mol. The molecule has 0 spiro atoms. The van der Waals surface area contributed by atoms with Crippen LogP contribution in [-0.4, -0.2) is 216 Å². The van der Waals surface area contributed by atoms with E-state index in [1.807, 2.05) is 34.3 Å². The lowest BCUT2D eigenvalue weighted by molar-refractivity contribution is -0.139. The van der Waals surface area contributed by atoms with Crippen molar-refractivity contribution in [2.45, 2.75) is 166 Å². The molecular formula is C70H100N16O12S2. The van der Waals surface area contributed by atoms with Crippen molar-refractivity contribution in [1.82, 2.24) is 48.7 Å². The molecule has 6 heterocycles. The number of carbonyl (C=O) groups excluding carboxylic acids is 4. The fourth-order valence-corrected chi connectivity index (χ4v) is 14.2. The second-order valence-electron chi connectivity index (χ2n) is 25.7. The van der Waals surface area contributed by atoms with Gasteiger partial charge in [-0.3, -0.25) is 48.2 Å². The molecule has 544 valence electrons. The number of piperazine rings is 2. The van der Waals surface area contributed by atoms with Gasteiger partial charge >= 0.3 is 23.9 Å². The topological polar surface area (TPSA) is 420 Å². The number of fused-ring (bicyclic) bond motifs is 2. The predicted octanol–water partition coefficient (Wildman–Crippen LogP) is 6.69. The van der Waals surface area contributed by atoms with Crippen LogP contribution >= 0.6 is 23.5 Å². The van der Waals surface area contributed by atoms with Crippen molar-refractivity contribution in [3.05, 3.63) is 94.3 Å². The van der Waals surface area contributed by atoms with Gasteiger partial charge in [-0.25, -0.2) is 9.97 Å². The molecule has 2 unspecified atom stereocenters. The summed E-state index contributed by atoms with van der Waals surface area (Å²) in [7, 11) is 0. The number of aliphatic carboxylic acids is 4. The van der Waals surface area contributed by atoms with Crippen LogP contribution in [0.5, 0.6) is 0 Å². The Bertz CT molecular complexity index is 3760. The van der Waals surface area contributed by atoms with Crippen molar-refractivity contribution < 1.29 is 58.8 Å². The van der Waals surface area contributed by atoms with E-state index in [0.717, 1.165) is 148 Å². The minimum Gasteiger partial charge on any atom is -0.481 e. The average molecular weight is 1420 g/mol. The number of anilines is 4. The number of carboxylic acid groups (broad SMARTS) is 4. The lowest BCUT2D eigenvalue weighted by atomic mass is 10.0. The van der Waals surface area contributed by atoms with Crippen LogP contribution < -0.4 is 33.6 Å². The van der Waals surface area contributed by atoms with Crippen LogP contribution in [0.15, 0.2) is 60.9 Å². The highest BCUT2D eigenvalue weighted by molar-refractivity contribution is 8.00. The molecule has 100 heavy (non-hydrogen) atoms. The lowest BCUT2D eigenvalue weighted by Crippen LogP contribution is -2.48. The molecule has 14 N–H and O–H groups in total. The highest BCUT2D eigenvalue weighted by atomic mass is 32.2. The zero-order chi connectivity index (χ0) is 72.4. The third-order valence-electron chi connectivity index (χ3n) is 17.8. The number of rotatable bonds is 40. The van der Waals surface area contributed by atoms with E-state index in [2.05, 4.69) is 114 Å². The van der Waals surface area contributed by atoms with E-state index >= 15 is 0 Å². The maximum absolute atomic E-state index is 12.9. The number of benzene rings is 2. The molecule has 8 rings (SSSR count). The minimum absolute atomic E-state index is 0.0147. The number of Topliss-reactive ketones (excluding diaryl/α,β-unsaturated/α-hetero) is 2. The summed E-state index contributed by atoms with van der Waals surface area (Å²) in [6.45, 7) is 18.5. The standard InChI is InChI=1S/2C35H50N8O6S/c1-3-4-5-12-38-33-32-27(39-35(37)40-33)11-13-43(32)21-25-10-9-24(18-23(25)2)20-41-14-16-42(17-15-41)30(45)8-6-7-28(44)29(19-31(46)47)50-22-26(36)34(48)49;1-3-4-5-12-38-32-31-28(39-35(37)40-32)11-13-43(31)21-25-10-9-24(18-23(25)2)20-41-14-16-42(17-15-41)30(45)8-6-7-26(44)19-29(34(48)49)50-22-27(36)33(46)47/h9-11,13,18,26,29H,3-8,12,14-17,19-22,36H2,1-2H3,(H,46,47)(H,48,49)(H3,37,38,39,40);9-11,13,18,27,29H,3-8,12,14-17,19-22,36H2,1-2H3,(H,46,47)(H,48,49)(H3,37,38,39,40)/t26-,29?;27-,29?/m00/s1. The number of nitrogens with one attached hydrogen (secondary N) is 2. The van der Waals surface area contributed by atoms with Crippen LogP contribution in [0.1, 0.15) is 137 Å². The molecule has 0 aliphatic carbocycles. The second-order valence-corrected chi connectivity index (χ2v) is 28.2. The lowest BCUT2D eigenvalue weighted by Gasteiger charge is -2.35. The van der Waals surface area contributed by atoms with E-state index < -0.39 is 52.9 Å². The van der Waals surface area contributed by atoms with Crippen LogP contribution in [0.2, 0.25) is 0 Å². The Labute approximate surface area is 592 Å². The highest BCUT2D eigenvalue weighted by Crippen LogP contribution is 2.29. The smallest absolute Gasteiger partial charge is 0.321 e. The Hall–Kier alpha value is -8.42. The molecule has 2 fully saturated rings. The normalized spacial score (nSPS) is 14.8. The first-order valence-corrected chi connectivity index (χ1v) is 36.6. The van der Waals surface area contributed by atoms with E-state index in [-0.39, 0.29) is 78.9 Å².